The third-order valence-corrected chi connectivity index (χ3v) is 3.70. The summed E-state index contributed by atoms with van der Waals surface area (Å²) in [5, 5.41) is 2.76. The predicted octanol–water partition coefficient (Wildman–Crippen LogP) is 5.74. The summed E-state index contributed by atoms with van der Waals surface area (Å²) in [6.45, 7) is 4.00. The number of ether oxygens (including phenoxy) is 1. The van der Waals surface area contributed by atoms with Crippen LogP contribution in [-0.4, -0.2) is 15.9 Å². The third kappa shape index (κ3) is 4.67. The molecule has 0 fully saturated rings. The number of furan rings is 1. The summed E-state index contributed by atoms with van der Waals surface area (Å²) in [6, 6.07) is 17.9. The number of nitrogens with zero attached hydrogens (tertiary/aromatic N) is 1. The van der Waals surface area contributed by atoms with Gasteiger partial charge in [0, 0.05) is 24.1 Å². The molecule has 1 aromatic carbocycles. The Morgan fingerprint density at radius 3 is 2.54 bits per heavy atom. The van der Waals surface area contributed by atoms with Crippen molar-refractivity contribution in [2.75, 3.05) is 5.32 Å². The van der Waals surface area contributed by atoms with Crippen molar-refractivity contribution in [3.8, 4) is 22.9 Å². The number of pyridine rings is 1. The van der Waals surface area contributed by atoms with Crippen molar-refractivity contribution >= 4 is 11.6 Å². The first-order chi connectivity index (χ1) is 13.8. The zero-order valence-electron chi connectivity index (χ0n) is 15.7. The Hall–Kier alpha value is -3.80. The summed E-state index contributed by atoms with van der Waals surface area (Å²) in [7, 11) is 0. The zero-order valence-corrected chi connectivity index (χ0v) is 15.7. The lowest BCUT2D eigenvalue weighted by Gasteiger charge is -2.08. The first-order valence-electron chi connectivity index (χ1n) is 9.00. The Kier molecular flexibility index (Phi) is 6.25. The Balaban J connectivity index is 0.00000109. The average molecular weight is 375 g/mol. The monoisotopic (exact) mass is 375 g/mol. The van der Waals surface area contributed by atoms with Gasteiger partial charge in [0.05, 0.1) is 17.7 Å². The van der Waals surface area contributed by atoms with E-state index in [1.165, 1.54) is 6.26 Å². The van der Waals surface area contributed by atoms with Crippen LogP contribution in [0.2, 0.25) is 0 Å². The summed E-state index contributed by atoms with van der Waals surface area (Å²) in [5.41, 5.74) is 2.38. The van der Waals surface area contributed by atoms with Gasteiger partial charge in [0.15, 0.2) is 5.76 Å². The maximum atomic E-state index is 12.0. The van der Waals surface area contributed by atoms with Crippen LogP contribution in [0.25, 0.3) is 11.4 Å². The molecule has 4 rings (SSSR count). The quantitative estimate of drug-likeness (QED) is 0.466. The number of carbonyl (C=O) groups excluding carboxylic acids is 1. The number of aromatic nitrogens is 2. The van der Waals surface area contributed by atoms with Crippen LogP contribution in [0, 0.1) is 0 Å². The molecule has 0 aliphatic rings. The van der Waals surface area contributed by atoms with E-state index < -0.39 is 0 Å². The molecular formula is C22H21N3O3. The van der Waals surface area contributed by atoms with E-state index in [0.29, 0.717) is 17.2 Å². The summed E-state index contributed by atoms with van der Waals surface area (Å²) in [5.74, 6) is 1.30. The highest BCUT2D eigenvalue weighted by atomic mass is 16.5. The molecule has 3 heterocycles. The Morgan fingerprint density at radius 1 is 1.04 bits per heavy atom. The van der Waals surface area contributed by atoms with Gasteiger partial charge in [0.1, 0.15) is 11.5 Å². The van der Waals surface area contributed by atoms with Crippen LogP contribution in [0.4, 0.5) is 5.69 Å². The highest BCUT2D eigenvalue weighted by Gasteiger charge is 2.09. The minimum atomic E-state index is -0.298. The molecule has 6 heteroatoms. The number of hydrogen-bond donors (Lipinski definition) is 2. The lowest BCUT2D eigenvalue weighted by molar-refractivity contribution is 0.0996. The van der Waals surface area contributed by atoms with E-state index in [1.54, 1.807) is 48.7 Å². The first-order valence-corrected chi connectivity index (χ1v) is 9.00. The molecule has 0 aliphatic carbocycles. The fourth-order valence-electron chi connectivity index (χ4n) is 2.45. The summed E-state index contributed by atoms with van der Waals surface area (Å²) in [4.78, 5) is 19.4. The van der Waals surface area contributed by atoms with E-state index in [2.05, 4.69) is 15.3 Å². The number of anilines is 1. The molecule has 3 aromatic heterocycles. The molecule has 0 unspecified atom stereocenters. The van der Waals surface area contributed by atoms with Gasteiger partial charge in [0.2, 0.25) is 0 Å². The van der Waals surface area contributed by atoms with Crippen LogP contribution in [0.15, 0.2) is 83.7 Å². The predicted molar refractivity (Wildman–Crippen MR) is 109 cm³/mol. The van der Waals surface area contributed by atoms with Gasteiger partial charge in [-0.15, -0.1) is 0 Å². The summed E-state index contributed by atoms with van der Waals surface area (Å²) < 4.78 is 10.9. The van der Waals surface area contributed by atoms with Crippen LogP contribution in [-0.2, 0) is 0 Å². The van der Waals surface area contributed by atoms with Gasteiger partial charge in [0.25, 0.3) is 5.91 Å². The van der Waals surface area contributed by atoms with Crippen molar-refractivity contribution in [2.45, 2.75) is 13.8 Å². The van der Waals surface area contributed by atoms with Crippen molar-refractivity contribution in [3.63, 3.8) is 0 Å². The maximum absolute atomic E-state index is 12.0. The second-order valence-electron chi connectivity index (χ2n) is 5.52. The van der Waals surface area contributed by atoms with E-state index in [9.17, 15) is 4.79 Å². The van der Waals surface area contributed by atoms with E-state index >= 15 is 0 Å². The second kappa shape index (κ2) is 9.23. The van der Waals surface area contributed by atoms with Crippen molar-refractivity contribution in [3.05, 3.63) is 85.1 Å². The molecular weight excluding hydrogens is 354 g/mol. The molecule has 6 nitrogen and oxygen atoms in total. The fraction of sp³-hybridized carbons (Fsp3) is 0.0909. The molecule has 0 atom stereocenters. The van der Waals surface area contributed by atoms with E-state index in [1.807, 2.05) is 38.2 Å². The zero-order chi connectivity index (χ0) is 19.8. The van der Waals surface area contributed by atoms with Crippen LogP contribution in [0.5, 0.6) is 11.5 Å². The number of rotatable bonds is 5. The molecule has 0 saturated heterocycles. The summed E-state index contributed by atoms with van der Waals surface area (Å²) in [6.07, 6.45) is 5.01. The fourth-order valence-corrected chi connectivity index (χ4v) is 2.45. The normalized spacial score (nSPS) is 9.93. The maximum Gasteiger partial charge on any atom is 0.291 e. The van der Waals surface area contributed by atoms with Gasteiger partial charge in [-0.2, -0.15) is 0 Å². The number of aromatic amines is 1. The largest absolute Gasteiger partial charge is 0.459 e. The number of hydrogen-bond acceptors (Lipinski definition) is 4. The standard InChI is InChI=1S/C20H15N3O3.C2H6/c24-20(19-4-2-12-25-19)23-14-5-7-15(8-6-14)26-16-9-11-22-18(13-16)17-3-1-10-21-17;1-2/h1-13,21H,(H,23,24);1-2H3. The molecule has 28 heavy (non-hydrogen) atoms. The van der Waals surface area contributed by atoms with Gasteiger partial charge in [-0.1, -0.05) is 13.8 Å². The van der Waals surface area contributed by atoms with Gasteiger partial charge in [-0.25, -0.2) is 0 Å². The summed E-state index contributed by atoms with van der Waals surface area (Å²) >= 11 is 0. The molecule has 0 spiro atoms. The minimum Gasteiger partial charge on any atom is -0.459 e. The van der Waals surface area contributed by atoms with Gasteiger partial charge in [-0.05, 0) is 54.6 Å². The van der Waals surface area contributed by atoms with Crippen LogP contribution < -0.4 is 10.1 Å². The third-order valence-electron chi connectivity index (χ3n) is 3.70. The van der Waals surface area contributed by atoms with Crippen LogP contribution in [0.1, 0.15) is 24.4 Å². The van der Waals surface area contributed by atoms with Gasteiger partial charge in [-0.3, -0.25) is 9.78 Å². The van der Waals surface area contributed by atoms with Crippen LogP contribution in [0.3, 0.4) is 0 Å². The van der Waals surface area contributed by atoms with E-state index in [0.717, 1.165) is 11.4 Å². The smallest absolute Gasteiger partial charge is 0.291 e. The van der Waals surface area contributed by atoms with Crippen molar-refractivity contribution in [1.29, 1.82) is 0 Å². The molecule has 0 radical (unpaired) electrons. The number of benzene rings is 1. The number of amides is 1. The lowest BCUT2D eigenvalue weighted by Crippen LogP contribution is -2.10. The molecule has 0 bridgehead atoms. The molecule has 1 amide bonds. The molecule has 0 aliphatic heterocycles. The average Bonchev–Trinajstić information content (AvgIpc) is 3.46. The lowest BCUT2D eigenvalue weighted by atomic mass is 10.2. The van der Waals surface area contributed by atoms with Crippen molar-refractivity contribution in [1.82, 2.24) is 9.97 Å². The second-order valence-corrected chi connectivity index (χ2v) is 5.52. The Labute approximate surface area is 163 Å². The van der Waals surface area contributed by atoms with E-state index in [-0.39, 0.29) is 11.7 Å². The number of carbonyl (C=O) groups is 1. The first kappa shape index (κ1) is 19.0. The van der Waals surface area contributed by atoms with Crippen molar-refractivity contribution in [2.24, 2.45) is 0 Å². The van der Waals surface area contributed by atoms with Gasteiger partial charge >= 0.3 is 0 Å². The van der Waals surface area contributed by atoms with Crippen LogP contribution >= 0.6 is 0 Å². The highest BCUT2D eigenvalue weighted by molar-refractivity contribution is 6.02. The molecule has 2 N–H and O–H groups in total. The Morgan fingerprint density at radius 2 is 1.86 bits per heavy atom. The Bertz CT molecular complexity index is 992. The number of nitrogens with one attached hydrogen (secondary N) is 2. The molecule has 142 valence electrons. The van der Waals surface area contributed by atoms with E-state index in [4.69, 9.17) is 9.15 Å². The highest BCUT2D eigenvalue weighted by Crippen LogP contribution is 2.26. The molecule has 0 saturated carbocycles. The van der Waals surface area contributed by atoms with Crippen molar-refractivity contribution < 1.29 is 13.9 Å². The minimum absolute atomic E-state index is 0.263. The van der Waals surface area contributed by atoms with Gasteiger partial charge < -0.3 is 19.5 Å². The SMILES string of the molecule is CC.O=C(Nc1ccc(Oc2ccnc(-c3ccc[nH]3)c2)cc1)c1ccco1. The topological polar surface area (TPSA) is 80.1 Å². The number of H-pyrrole nitrogens is 1. The molecule has 4 aromatic rings.